The van der Waals surface area contributed by atoms with Gasteiger partial charge >= 0.3 is 0 Å². The van der Waals surface area contributed by atoms with Crippen molar-refractivity contribution in [3.8, 4) is 5.69 Å². The number of hydrogen-bond acceptors (Lipinski definition) is 4. The Balaban J connectivity index is 1.76. The van der Waals surface area contributed by atoms with Gasteiger partial charge in [0.1, 0.15) is 11.6 Å². The van der Waals surface area contributed by atoms with Gasteiger partial charge in [0.25, 0.3) is 0 Å². The van der Waals surface area contributed by atoms with E-state index in [9.17, 15) is 14.0 Å². The van der Waals surface area contributed by atoms with Gasteiger partial charge in [-0.1, -0.05) is 13.8 Å². The van der Waals surface area contributed by atoms with Crippen LogP contribution in [0, 0.1) is 17.7 Å². The highest BCUT2D eigenvalue weighted by atomic mass is 19.1. The first-order chi connectivity index (χ1) is 12.9. The molecular formula is C20H25FN4O2. The number of rotatable bonds is 5. The number of carbonyl (C=O) groups excluding carboxylic acids is 2. The standard InChI is InChI=1S/C20H25FN4O2/c1-13(2)10-18(26)24-9-3-4-14(12-24)19(27)17-11-23-25(20(17)22)16-7-5-15(21)6-8-16/h5-8,11,13-14H,3-4,9-10,12,22H2,1-2H3/t14-/m0/s1. The maximum absolute atomic E-state index is 13.1. The highest BCUT2D eigenvalue weighted by Gasteiger charge is 2.31. The molecule has 0 radical (unpaired) electrons. The fourth-order valence-electron chi connectivity index (χ4n) is 3.45. The van der Waals surface area contributed by atoms with Gasteiger partial charge in [0, 0.05) is 25.4 Å². The lowest BCUT2D eigenvalue weighted by Gasteiger charge is -2.32. The van der Waals surface area contributed by atoms with E-state index in [0.29, 0.717) is 30.8 Å². The van der Waals surface area contributed by atoms with Gasteiger partial charge in [-0.3, -0.25) is 9.59 Å². The van der Waals surface area contributed by atoms with Crippen LogP contribution >= 0.6 is 0 Å². The Morgan fingerprint density at radius 1 is 1.30 bits per heavy atom. The van der Waals surface area contributed by atoms with Crippen LogP contribution in [-0.2, 0) is 4.79 Å². The van der Waals surface area contributed by atoms with Gasteiger partial charge in [0.15, 0.2) is 5.78 Å². The number of carbonyl (C=O) groups is 2. The van der Waals surface area contributed by atoms with Gasteiger partial charge in [0.2, 0.25) is 5.91 Å². The lowest BCUT2D eigenvalue weighted by molar-refractivity contribution is -0.133. The predicted molar refractivity (Wildman–Crippen MR) is 101 cm³/mol. The Hall–Kier alpha value is -2.70. The van der Waals surface area contributed by atoms with Crippen LogP contribution in [0.5, 0.6) is 0 Å². The van der Waals surface area contributed by atoms with E-state index in [-0.39, 0.29) is 35.2 Å². The summed E-state index contributed by atoms with van der Waals surface area (Å²) in [6.45, 7) is 5.13. The molecule has 2 N–H and O–H groups in total. The van der Waals surface area contributed by atoms with E-state index in [0.717, 1.165) is 12.8 Å². The molecular weight excluding hydrogens is 347 g/mol. The number of amides is 1. The lowest BCUT2D eigenvalue weighted by atomic mass is 9.90. The van der Waals surface area contributed by atoms with E-state index in [1.165, 1.54) is 23.0 Å². The van der Waals surface area contributed by atoms with Gasteiger partial charge < -0.3 is 10.6 Å². The highest BCUT2D eigenvalue weighted by Crippen LogP contribution is 2.26. The molecule has 0 spiro atoms. The van der Waals surface area contributed by atoms with Crippen molar-refractivity contribution in [2.45, 2.75) is 33.1 Å². The molecule has 7 heteroatoms. The van der Waals surface area contributed by atoms with Crippen LogP contribution in [0.3, 0.4) is 0 Å². The summed E-state index contributed by atoms with van der Waals surface area (Å²) in [4.78, 5) is 27.1. The zero-order valence-electron chi connectivity index (χ0n) is 15.7. The molecule has 2 heterocycles. The molecule has 1 amide bonds. The summed E-state index contributed by atoms with van der Waals surface area (Å²) in [6.07, 6.45) is 3.47. The Morgan fingerprint density at radius 3 is 2.67 bits per heavy atom. The second-order valence-electron chi connectivity index (χ2n) is 7.47. The van der Waals surface area contributed by atoms with Crippen LogP contribution in [0.2, 0.25) is 0 Å². The van der Waals surface area contributed by atoms with Crippen LogP contribution in [0.25, 0.3) is 5.69 Å². The summed E-state index contributed by atoms with van der Waals surface area (Å²) in [7, 11) is 0. The Labute approximate surface area is 158 Å². The number of ketones is 1. The Kier molecular flexibility index (Phi) is 5.58. The number of aromatic nitrogens is 2. The zero-order chi connectivity index (χ0) is 19.6. The van der Waals surface area contributed by atoms with Gasteiger partial charge in [-0.15, -0.1) is 0 Å². The van der Waals surface area contributed by atoms with Crippen LogP contribution in [0.4, 0.5) is 10.2 Å². The molecule has 1 fully saturated rings. The van der Waals surface area contributed by atoms with Crippen molar-refractivity contribution in [2.24, 2.45) is 11.8 Å². The molecule has 2 aromatic rings. The van der Waals surface area contributed by atoms with Crippen molar-refractivity contribution in [3.05, 3.63) is 41.8 Å². The monoisotopic (exact) mass is 372 g/mol. The molecule has 1 aliphatic heterocycles. The average molecular weight is 372 g/mol. The molecule has 0 bridgehead atoms. The minimum Gasteiger partial charge on any atom is -0.383 e. The first-order valence-corrected chi connectivity index (χ1v) is 9.28. The third-order valence-electron chi connectivity index (χ3n) is 4.87. The summed E-state index contributed by atoms with van der Waals surface area (Å²) in [5.41, 5.74) is 7.08. The quantitative estimate of drug-likeness (QED) is 0.818. The van der Waals surface area contributed by atoms with Gasteiger partial charge in [-0.25, -0.2) is 9.07 Å². The predicted octanol–water partition coefficient (Wildman–Crippen LogP) is 3.06. The second-order valence-corrected chi connectivity index (χ2v) is 7.47. The summed E-state index contributed by atoms with van der Waals surface area (Å²) in [6, 6.07) is 5.74. The third kappa shape index (κ3) is 4.18. The molecule has 1 aromatic carbocycles. The van der Waals surface area contributed by atoms with Crippen molar-refractivity contribution in [2.75, 3.05) is 18.8 Å². The van der Waals surface area contributed by atoms with E-state index < -0.39 is 0 Å². The fraction of sp³-hybridized carbons (Fsp3) is 0.450. The van der Waals surface area contributed by atoms with Crippen LogP contribution in [0.1, 0.15) is 43.5 Å². The number of benzene rings is 1. The number of nitrogens with zero attached hydrogens (tertiary/aromatic N) is 3. The van der Waals surface area contributed by atoms with E-state index in [1.54, 1.807) is 17.0 Å². The SMILES string of the molecule is CC(C)CC(=O)N1CCC[C@H](C(=O)c2cnn(-c3ccc(F)cc3)c2N)C1. The zero-order valence-corrected chi connectivity index (χ0v) is 15.7. The van der Waals surface area contributed by atoms with Crippen LogP contribution < -0.4 is 5.73 Å². The molecule has 0 unspecified atom stereocenters. The minimum absolute atomic E-state index is 0.0945. The van der Waals surface area contributed by atoms with Gasteiger partial charge in [0.05, 0.1) is 17.4 Å². The maximum atomic E-state index is 13.1. The molecule has 0 saturated carbocycles. The molecule has 0 aliphatic carbocycles. The van der Waals surface area contributed by atoms with Crippen LogP contribution in [0.15, 0.2) is 30.5 Å². The van der Waals surface area contributed by atoms with Crippen molar-refractivity contribution in [1.82, 2.24) is 14.7 Å². The van der Waals surface area contributed by atoms with Crippen molar-refractivity contribution < 1.29 is 14.0 Å². The summed E-state index contributed by atoms with van der Waals surface area (Å²) >= 11 is 0. The van der Waals surface area contributed by atoms with E-state index >= 15 is 0 Å². The van der Waals surface area contributed by atoms with E-state index in [4.69, 9.17) is 5.73 Å². The van der Waals surface area contributed by atoms with Crippen LogP contribution in [-0.4, -0.2) is 39.5 Å². The molecule has 1 atom stereocenters. The average Bonchev–Trinajstić information content (AvgIpc) is 3.03. The van der Waals surface area contributed by atoms with Crippen molar-refractivity contribution in [1.29, 1.82) is 0 Å². The Bertz CT molecular complexity index is 829. The summed E-state index contributed by atoms with van der Waals surface area (Å²) < 4.78 is 14.5. The van der Waals surface area contributed by atoms with Crippen molar-refractivity contribution in [3.63, 3.8) is 0 Å². The molecule has 1 aliphatic rings. The number of anilines is 1. The van der Waals surface area contributed by atoms with Gasteiger partial charge in [-0.05, 0) is 43.0 Å². The molecule has 6 nitrogen and oxygen atoms in total. The summed E-state index contributed by atoms with van der Waals surface area (Å²) in [5.74, 6) is -0.104. The molecule has 27 heavy (non-hydrogen) atoms. The largest absolute Gasteiger partial charge is 0.383 e. The van der Waals surface area contributed by atoms with E-state index in [2.05, 4.69) is 5.10 Å². The van der Waals surface area contributed by atoms with Gasteiger partial charge in [-0.2, -0.15) is 5.10 Å². The number of halogens is 1. The smallest absolute Gasteiger partial charge is 0.222 e. The Morgan fingerprint density at radius 2 is 2.00 bits per heavy atom. The highest BCUT2D eigenvalue weighted by molar-refractivity contribution is 6.02. The first-order valence-electron chi connectivity index (χ1n) is 9.28. The number of piperidine rings is 1. The number of hydrogen-bond donors (Lipinski definition) is 1. The topological polar surface area (TPSA) is 81.2 Å². The number of nitrogens with two attached hydrogens (primary N) is 1. The fourth-order valence-corrected chi connectivity index (χ4v) is 3.45. The minimum atomic E-state index is -0.353. The van der Waals surface area contributed by atoms with E-state index in [1.807, 2.05) is 13.8 Å². The lowest BCUT2D eigenvalue weighted by Crippen LogP contribution is -2.42. The third-order valence-corrected chi connectivity index (χ3v) is 4.87. The molecule has 1 saturated heterocycles. The normalized spacial score (nSPS) is 17.3. The number of Topliss-reactive ketones (excluding diaryl/α,β-unsaturated/α-hetero) is 1. The van der Waals surface area contributed by atoms with Crippen molar-refractivity contribution >= 4 is 17.5 Å². The molecule has 1 aromatic heterocycles. The number of likely N-dealkylation sites (tertiary alicyclic amines) is 1. The molecule has 3 rings (SSSR count). The summed E-state index contributed by atoms with van der Waals surface area (Å²) in [5, 5.41) is 4.19. The molecule has 144 valence electrons. The maximum Gasteiger partial charge on any atom is 0.222 e. The first kappa shape index (κ1) is 19.1. The number of nitrogen functional groups attached to an aromatic ring is 1. The second kappa shape index (κ2) is 7.90.